The van der Waals surface area contributed by atoms with E-state index in [1.54, 1.807) is 47.4 Å². The molecule has 1 aliphatic heterocycles. The molecular formula is C19H19N3O3S3. The van der Waals surface area contributed by atoms with Gasteiger partial charge in [0.1, 0.15) is 9.86 Å². The molecule has 0 spiro atoms. The van der Waals surface area contributed by atoms with Crippen molar-refractivity contribution in [2.24, 2.45) is 0 Å². The van der Waals surface area contributed by atoms with Crippen molar-refractivity contribution >= 4 is 50.8 Å². The molecule has 3 heterocycles. The predicted octanol–water partition coefficient (Wildman–Crippen LogP) is 5.47. The van der Waals surface area contributed by atoms with E-state index >= 15 is 0 Å². The van der Waals surface area contributed by atoms with E-state index in [1.807, 2.05) is 6.26 Å². The average Bonchev–Trinajstić information content (AvgIpc) is 3.02. The van der Waals surface area contributed by atoms with Crippen molar-refractivity contribution in [1.29, 1.82) is 0 Å². The van der Waals surface area contributed by atoms with Crippen molar-refractivity contribution in [2.45, 2.75) is 48.4 Å². The highest BCUT2D eigenvalue weighted by molar-refractivity contribution is 7.99. The van der Waals surface area contributed by atoms with Crippen molar-refractivity contribution in [3.05, 3.63) is 50.4 Å². The van der Waals surface area contributed by atoms with Crippen LogP contribution >= 0.6 is 34.9 Å². The first kappa shape index (κ1) is 19.6. The molecule has 6 nitrogen and oxygen atoms in total. The lowest BCUT2D eigenvalue weighted by molar-refractivity contribution is -0.384. The van der Waals surface area contributed by atoms with Gasteiger partial charge in [-0.15, -0.1) is 23.1 Å². The maximum atomic E-state index is 10.8. The molecule has 0 unspecified atom stereocenters. The number of ether oxygens (including phenoxy) is 1. The molecule has 4 rings (SSSR count). The van der Waals surface area contributed by atoms with Gasteiger partial charge >= 0.3 is 0 Å². The maximum absolute atomic E-state index is 10.8. The molecule has 146 valence electrons. The average molecular weight is 434 g/mol. The zero-order valence-electron chi connectivity index (χ0n) is 15.7. The number of fused-ring (bicyclic) bond motifs is 3. The Labute approximate surface area is 175 Å². The van der Waals surface area contributed by atoms with E-state index < -0.39 is 0 Å². The van der Waals surface area contributed by atoms with Crippen molar-refractivity contribution in [3.63, 3.8) is 0 Å². The van der Waals surface area contributed by atoms with E-state index in [1.165, 1.54) is 22.2 Å². The molecule has 0 atom stereocenters. The summed E-state index contributed by atoms with van der Waals surface area (Å²) in [6.45, 7) is 4.84. The number of hydrogen-bond donors (Lipinski definition) is 0. The number of thioether (sulfide) groups is 2. The Morgan fingerprint density at radius 3 is 2.71 bits per heavy atom. The number of rotatable bonds is 5. The fourth-order valence-electron chi connectivity index (χ4n) is 3.15. The molecule has 9 heteroatoms. The largest absolute Gasteiger partial charge is 0.370 e. The minimum atomic E-state index is -0.378. The van der Waals surface area contributed by atoms with Gasteiger partial charge in [-0.2, -0.15) is 0 Å². The second-order valence-electron chi connectivity index (χ2n) is 7.14. The van der Waals surface area contributed by atoms with E-state index in [4.69, 9.17) is 14.7 Å². The second-order valence-corrected chi connectivity index (χ2v) is 9.96. The summed E-state index contributed by atoms with van der Waals surface area (Å²) in [6.07, 6.45) is 2.82. The smallest absolute Gasteiger partial charge is 0.269 e. The monoisotopic (exact) mass is 433 g/mol. The first-order chi connectivity index (χ1) is 13.4. The van der Waals surface area contributed by atoms with Gasteiger partial charge in [0, 0.05) is 34.6 Å². The van der Waals surface area contributed by atoms with Crippen molar-refractivity contribution in [3.8, 4) is 0 Å². The van der Waals surface area contributed by atoms with Gasteiger partial charge in [-0.1, -0.05) is 23.9 Å². The number of nitro benzene ring substituents is 1. The molecule has 1 aromatic carbocycles. The van der Waals surface area contributed by atoms with Crippen molar-refractivity contribution in [1.82, 2.24) is 9.97 Å². The quantitative estimate of drug-likeness (QED) is 0.174. The molecule has 0 radical (unpaired) electrons. The molecule has 0 bridgehead atoms. The number of aromatic nitrogens is 2. The zero-order chi connectivity index (χ0) is 19.9. The van der Waals surface area contributed by atoms with Crippen LogP contribution in [-0.4, -0.2) is 26.7 Å². The standard InChI is InChI=1S/C19H19N3O3S3/c1-19(2)8-13-14(9-25-19)28-17-15(13)16(20-18(21-17)26-3)27-10-11-4-6-12(7-5-11)22(23)24/h4-7H,8-10H2,1-3H3. The van der Waals surface area contributed by atoms with Gasteiger partial charge in [-0.25, -0.2) is 9.97 Å². The summed E-state index contributed by atoms with van der Waals surface area (Å²) >= 11 is 4.88. The number of hydrogen-bond acceptors (Lipinski definition) is 8. The number of nitro groups is 1. The Morgan fingerprint density at radius 1 is 1.29 bits per heavy atom. The number of thiophene rings is 1. The molecule has 0 saturated heterocycles. The first-order valence-electron chi connectivity index (χ1n) is 8.72. The summed E-state index contributed by atoms with van der Waals surface area (Å²) in [5.74, 6) is 0.697. The van der Waals surface area contributed by atoms with Gasteiger partial charge < -0.3 is 4.74 Å². The van der Waals surface area contributed by atoms with Crippen LogP contribution in [-0.2, 0) is 23.5 Å². The number of benzene rings is 1. The summed E-state index contributed by atoms with van der Waals surface area (Å²) in [4.78, 5) is 22.2. The van der Waals surface area contributed by atoms with Crippen LogP contribution in [0.4, 0.5) is 5.69 Å². The topological polar surface area (TPSA) is 78.2 Å². The minimum Gasteiger partial charge on any atom is -0.370 e. The van der Waals surface area contributed by atoms with Crippen LogP contribution in [0.25, 0.3) is 10.2 Å². The van der Waals surface area contributed by atoms with Gasteiger partial charge in [-0.3, -0.25) is 10.1 Å². The Bertz CT molecular complexity index is 1050. The summed E-state index contributed by atoms with van der Waals surface area (Å²) in [7, 11) is 0. The number of nitrogens with zero attached hydrogens (tertiary/aromatic N) is 3. The van der Waals surface area contributed by atoms with Crippen LogP contribution < -0.4 is 0 Å². The first-order valence-corrected chi connectivity index (χ1v) is 11.8. The van der Waals surface area contributed by atoms with E-state index in [-0.39, 0.29) is 16.2 Å². The van der Waals surface area contributed by atoms with Crippen LogP contribution in [0.3, 0.4) is 0 Å². The fourth-order valence-corrected chi connectivity index (χ4v) is 5.81. The third-order valence-electron chi connectivity index (χ3n) is 4.58. The van der Waals surface area contributed by atoms with Gasteiger partial charge in [-0.05, 0) is 31.2 Å². The lowest BCUT2D eigenvalue weighted by Crippen LogP contribution is -2.31. The lowest BCUT2D eigenvalue weighted by Gasteiger charge is -2.30. The van der Waals surface area contributed by atoms with Crippen LogP contribution in [0.15, 0.2) is 34.4 Å². The van der Waals surface area contributed by atoms with Crippen molar-refractivity contribution < 1.29 is 9.66 Å². The molecule has 0 amide bonds. The van der Waals surface area contributed by atoms with Gasteiger partial charge in [0.25, 0.3) is 5.69 Å². The van der Waals surface area contributed by atoms with Crippen LogP contribution in [0.2, 0.25) is 0 Å². The molecule has 0 fully saturated rings. The summed E-state index contributed by atoms with van der Waals surface area (Å²) < 4.78 is 5.97. The molecule has 0 aliphatic carbocycles. The summed E-state index contributed by atoms with van der Waals surface area (Å²) in [5, 5.41) is 13.7. The van der Waals surface area contributed by atoms with Crippen LogP contribution in [0.1, 0.15) is 29.9 Å². The third-order valence-corrected chi connectivity index (χ3v) is 7.28. The Morgan fingerprint density at radius 2 is 2.04 bits per heavy atom. The highest BCUT2D eigenvalue weighted by Gasteiger charge is 2.31. The Kier molecular flexibility index (Phi) is 5.34. The summed E-state index contributed by atoms with van der Waals surface area (Å²) in [6, 6.07) is 6.70. The normalized spacial score (nSPS) is 15.5. The summed E-state index contributed by atoms with van der Waals surface area (Å²) in [5.41, 5.74) is 2.24. The highest BCUT2D eigenvalue weighted by Crippen LogP contribution is 2.42. The van der Waals surface area contributed by atoms with Crippen LogP contribution in [0, 0.1) is 10.1 Å². The van der Waals surface area contributed by atoms with E-state index in [2.05, 4.69) is 13.8 Å². The predicted molar refractivity (Wildman–Crippen MR) is 114 cm³/mol. The second kappa shape index (κ2) is 7.62. The molecule has 0 N–H and O–H groups in total. The van der Waals surface area contributed by atoms with E-state index in [9.17, 15) is 10.1 Å². The molecule has 2 aromatic heterocycles. The van der Waals surface area contributed by atoms with Crippen LogP contribution in [0.5, 0.6) is 0 Å². The molecule has 3 aromatic rings. The van der Waals surface area contributed by atoms with E-state index in [0.29, 0.717) is 12.4 Å². The molecule has 1 aliphatic rings. The maximum Gasteiger partial charge on any atom is 0.269 e. The Hall–Kier alpha value is -1.68. The molecule has 0 saturated carbocycles. The SMILES string of the molecule is CSc1nc(SCc2ccc([N+](=O)[O-])cc2)c2c3c(sc2n1)COC(C)(C)C3. The van der Waals surface area contributed by atoms with Crippen molar-refractivity contribution in [2.75, 3.05) is 6.26 Å². The Balaban J connectivity index is 1.69. The fraction of sp³-hybridized carbons (Fsp3) is 0.368. The lowest BCUT2D eigenvalue weighted by atomic mass is 9.95. The number of non-ortho nitro benzene ring substituents is 1. The minimum absolute atomic E-state index is 0.108. The highest BCUT2D eigenvalue weighted by atomic mass is 32.2. The van der Waals surface area contributed by atoms with E-state index in [0.717, 1.165) is 32.4 Å². The van der Waals surface area contributed by atoms with Gasteiger partial charge in [0.05, 0.1) is 17.1 Å². The van der Waals surface area contributed by atoms with Gasteiger partial charge in [0.2, 0.25) is 0 Å². The zero-order valence-corrected chi connectivity index (χ0v) is 18.2. The van der Waals surface area contributed by atoms with Gasteiger partial charge in [0.15, 0.2) is 5.16 Å². The molecular weight excluding hydrogens is 414 g/mol. The third kappa shape index (κ3) is 3.89. The molecule has 28 heavy (non-hydrogen) atoms.